The summed E-state index contributed by atoms with van der Waals surface area (Å²) in [5, 5.41) is 13.1. The van der Waals surface area contributed by atoms with E-state index in [0.717, 1.165) is 4.47 Å². The molecule has 0 bridgehead atoms. The van der Waals surface area contributed by atoms with Crippen LogP contribution in [0.4, 0.5) is 0 Å². The van der Waals surface area contributed by atoms with Crippen molar-refractivity contribution >= 4 is 33.7 Å². The van der Waals surface area contributed by atoms with Gasteiger partial charge in [0.05, 0.1) is 5.92 Å². The van der Waals surface area contributed by atoms with E-state index in [1.54, 1.807) is 0 Å². The first-order valence-corrected chi connectivity index (χ1v) is 9.35. The first kappa shape index (κ1) is 19.5. The SMILES string of the molecule is CC(C)CC(CNCc1ccc(Br)cc1SC(C)C)C(=O)O. The van der Waals surface area contributed by atoms with Crippen LogP contribution in [0.5, 0.6) is 0 Å². The lowest BCUT2D eigenvalue weighted by atomic mass is 9.97. The van der Waals surface area contributed by atoms with E-state index in [4.69, 9.17) is 0 Å². The van der Waals surface area contributed by atoms with Gasteiger partial charge in [0.1, 0.15) is 0 Å². The number of nitrogens with one attached hydrogen (secondary N) is 1. The first-order chi connectivity index (χ1) is 10.3. The largest absolute Gasteiger partial charge is 0.481 e. The molecule has 0 fully saturated rings. The lowest BCUT2D eigenvalue weighted by Crippen LogP contribution is -2.29. The minimum atomic E-state index is -0.714. The van der Waals surface area contributed by atoms with Gasteiger partial charge in [0.15, 0.2) is 0 Å². The van der Waals surface area contributed by atoms with Gasteiger partial charge in [0.25, 0.3) is 0 Å². The van der Waals surface area contributed by atoms with E-state index >= 15 is 0 Å². The van der Waals surface area contributed by atoms with Gasteiger partial charge in [-0.25, -0.2) is 0 Å². The lowest BCUT2D eigenvalue weighted by molar-refractivity contribution is -0.142. The van der Waals surface area contributed by atoms with E-state index in [9.17, 15) is 9.90 Å². The van der Waals surface area contributed by atoms with Crippen molar-refractivity contribution in [3.63, 3.8) is 0 Å². The molecule has 1 atom stereocenters. The van der Waals surface area contributed by atoms with Crippen LogP contribution in [-0.4, -0.2) is 22.9 Å². The highest BCUT2D eigenvalue weighted by molar-refractivity contribution is 9.10. The summed E-state index contributed by atoms with van der Waals surface area (Å²) in [4.78, 5) is 12.5. The van der Waals surface area contributed by atoms with Crippen LogP contribution in [0.1, 0.15) is 39.7 Å². The number of aliphatic carboxylic acids is 1. The zero-order chi connectivity index (χ0) is 16.7. The van der Waals surface area contributed by atoms with Crippen molar-refractivity contribution in [2.45, 2.75) is 50.8 Å². The van der Waals surface area contributed by atoms with Crippen LogP contribution in [0.3, 0.4) is 0 Å². The topological polar surface area (TPSA) is 49.3 Å². The molecule has 0 spiro atoms. The highest BCUT2D eigenvalue weighted by atomic mass is 79.9. The molecule has 22 heavy (non-hydrogen) atoms. The maximum Gasteiger partial charge on any atom is 0.307 e. The smallest absolute Gasteiger partial charge is 0.307 e. The fraction of sp³-hybridized carbons (Fsp3) is 0.588. The number of rotatable bonds is 9. The number of benzene rings is 1. The van der Waals surface area contributed by atoms with Crippen molar-refractivity contribution in [3.8, 4) is 0 Å². The molecule has 2 N–H and O–H groups in total. The van der Waals surface area contributed by atoms with Gasteiger partial charge >= 0.3 is 5.97 Å². The van der Waals surface area contributed by atoms with Gasteiger partial charge in [-0.15, -0.1) is 11.8 Å². The molecule has 0 saturated heterocycles. The maximum atomic E-state index is 11.3. The molecule has 0 aliphatic heterocycles. The molecular formula is C17H26BrNO2S. The zero-order valence-electron chi connectivity index (χ0n) is 13.7. The second-order valence-electron chi connectivity index (χ2n) is 6.21. The van der Waals surface area contributed by atoms with Gasteiger partial charge in [-0.05, 0) is 30.0 Å². The van der Waals surface area contributed by atoms with Gasteiger partial charge in [-0.3, -0.25) is 4.79 Å². The predicted molar refractivity (Wildman–Crippen MR) is 97.4 cm³/mol. The molecule has 124 valence electrons. The van der Waals surface area contributed by atoms with Crippen LogP contribution in [0.15, 0.2) is 27.6 Å². The third-order valence-electron chi connectivity index (χ3n) is 3.20. The molecule has 5 heteroatoms. The van der Waals surface area contributed by atoms with Crippen molar-refractivity contribution in [2.24, 2.45) is 11.8 Å². The minimum absolute atomic E-state index is 0.323. The van der Waals surface area contributed by atoms with Crippen molar-refractivity contribution in [2.75, 3.05) is 6.54 Å². The number of hydrogen-bond acceptors (Lipinski definition) is 3. The molecule has 1 aromatic rings. The van der Waals surface area contributed by atoms with Gasteiger partial charge in [0, 0.05) is 27.7 Å². The number of halogens is 1. The fourth-order valence-corrected chi connectivity index (χ4v) is 3.77. The Bertz CT molecular complexity index is 492. The molecule has 0 radical (unpaired) electrons. The number of carboxylic acids is 1. The molecular weight excluding hydrogens is 362 g/mol. The van der Waals surface area contributed by atoms with Crippen LogP contribution < -0.4 is 5.32 Å². The van der Waals surface area contributed by atoms with Gasteiger partial charge in [0.2, 0.25) is 0 Å². The summed E-state index contributed by atoms with van der Waals surface area (Å²) >= 11 is 5.34. The molecule has 3 nitrogen and oxygen atoms in total. The normalized spacial score (nSPS) is 12.9. The average molecular weight is 388 g/mol. The van der Waals surface area contributed by atoms with E-state index in [1.165, 1.54) is 10.5 Å². The summed E-state index contributed by atoms with van der Waals surface area (Å²) in [6, 6.07) is 6.26. The molecule has 1 aromatic carbocycles. The van der Waals surface area contributed by atoms with Gasteiger partial charge in [-0.2, -0.15) is 0 Å². The third kappa shape index (κ3) is 7.16. The Labute approximate surface area is 146 Å². The Morgan fingerprint density at radius 1 is 1.32 bits per heavy atom. The highest BCUT2D eigenvalue weighted by Crippen LogP contribution is 2.29. The van der Waals surface area contributed by atoms with Gasteiger partial charge in [-0.1, -0.05) is 49.7 Å². The Balaban J connectivity index is 2.65. The Morgan fingerprint density at radius 3 is 2.55 bits per heavy atom. The van der Waals surface area contributed by atoms with E-state index in [1.807, 2.05) is 17.8 Å². The lowest BCUT2D eigenvalue weighted by Gasteiger charge is -2.17. The molecule has 0 amide bonds. The predicted octanol–water partition coefficient (Wildman–Crippen LogP) is 4.79. The van der Waals surface area contributed by atoms with Crippen LogP contribution >= 0.6 is 27.7 Å². The Hall–Kier alpha value is -0.520. The van der Waals surface area contributed by atoms with Crippen molar-refractivity contribution in [3.05, 3.63) is 28.2 Å². The van der Waals surface area contributed by atoms with Crippen LogP contribution in [0.2, 0.25) is 0 Å². The maximum absolute atomic E-state index is 11.3. The monoisotopic (exact) mass is 387 g/mol. The summed E-state index contributed by atoms with van der Waals surface area (Å²) in [6.07, 6.45) is 0.705. The molecule has 0 heterocycles. The first-order valence-electron chi connectivity index (χ1n) is 7.68. The fourth-order valence-electron chi connectivity index (χ4n) is 2.26. The summed E-state index contributed by atoms with van der Waals surface area (Å²) < 4.78 is 1.07. The summed E-state index contributed by atoms with van der Waals surface area (Å²) in [5.41, 5.74) is 1.22. The summed E-state index contributed by atoms with van der Waals surface area (Å²) in [5.74, 6) is -0.645. The van der Waals surface area contributed by atoms with Crippen molar-refractivity contribution in [1.29, 1.82) is 0 Å². The van der Waals surface area contributed by atoms with Crippen molar-refractivity contribution in [1.82, 2.24) is 5.32 Å². The number of carboxylic acid groups (broad SMARTS) is 1. The van der Waals surface area contributed by atoms with Crippen LogP contribution in [0.25, 0.3) is 0 Å². The summed E-state index contributed by atoms with van der Waals surface area (Å²) in [6.45, 7) is 9.67. The zero-order valence-corrected chi connectivity index (χ0v) is 16.1. The standard InChI is InChI=1S/C17H26BrNO2S/c1-11(2)7-14(17(20)21)10-19-9-13-5-6-15(18)8-16(13)22-12(3)4/h5-6,8,11-12,14,19H,7,9-10H2,1-4H3,(H,20,21). The Morgan fingerprint density at radius 2 is 2.00 bits per heavy atom. The average Bonchev–Trinajstić information content (AvgIpc) is 2.38. The number of carbonyl (C=O) groups is 1. The molecule has 0 aliphatic carbocycles. The molecule has 0 aliphatic rings. The van der Waals surface area contributed by atoms with Crippen molar-refractivity contribution < 1.29 is 9.90 Å². The van der Waals surface area contributed by atoms with E-state index in [0.29, 0.717) is 30.7 Å². The van der Waals surface area contributed by atoms with Gasteiger partial charge < -0.3 is 10.4 Å². The van der Waals surface area contributed by atoms with E-state index in [-0.39, 0.29) is 5.92 Å². The minimum Gasteiger partial charge on any atom is -0.481 e. The summed E-state index contributed by atoms with van der Waals surface area (Å²) in [7, 11) is 0. The van der Waals surface area contributed by atoms with E-state index in [2.05, 4.69) is 61.1 Å². The molecule has 0 aromatic heterocycles. The molecule has 1 rings (SSSR count). The quantitative estimate of drug-likeness (QED) is 0.598. The molecule has 0 saturated carbocycles. The highest BCUT2D eigenvalue weighted by Gasteiger charge is 2.18. The number of hydrogen-bond donors (Lipinski definition) is 2. The molecule has 1 unspecified atom stereocenters. The number of thioether (sulfide) groups is 1. The van der Waals surface area contributed by atoms with Crippen LogP contribution in [-0.2, 0) is 11.3 Å². The Kier molecular flexibility index (Phi) is 8.50. The second kappa shape index (κ2) is 9.58. The third-order valence-corrected chi connectivity index (χ3v) is 4.80. The van der Waals surface area contributed by atoms with E-state index < -0.39 is 5.97 Å². The second-order valence-corrected chi connectivity index (χ2v) is 8.75. The van der Waals surface area contributed by atoms with Crippen LogP contribution in [0, 0.1) is 11.8 Å².